The van der Waals surface area contributed by atoms with Crippen molar-refractivity contribution in [1.82, 2.24) is 14.5 Å². The van der Waals surface area contributed by atoms with Gasteiger partial charge in [-0.25, -0.2) is 9.97 Å². The molecule has 2 aromatic heterocycles. The number of benzene rings is 1. The number of nitrogen functional groups attached to an aromatic ring is 1. The molecule has 0 aliphatic carbocycles. The van der Waals surface area contributed by atoms with E-state index in [2.05, 4.69) is 40.5 Å². The van der Waals surface area contributed by atoms with Gasteiger partial charge in [-0.2, -0.15) is 0 Å². The van der Waals surface area contributed by atoms with Gasteiger partial charge in [0.25, 0.3) is 0 Å². The first-order chi connectivity index (χ1) is 9.15. The highest BCUT2D eigenvalue weighted by Gasteiger charge is 2.07. The number of aromatic nitrogens is 3. The number of hydrogen-bond acceptors (Lipinski definition) is 3. The molecule has 4 heteroatoms. The van der Waals surface area contributed by atoms with Crippen LogP contribution in [-0.2, 0) is 6.54 Å². The van der Waals surface area contributed by atoms with Crippen LogP contribution in [0.2, 0.25) is 0 Å². The second-order valence-electron chi connectivity index (χ2n) is 4.85. The lowest BCUT2D eigenvalue weighted by Crippen LogP contribution is -2.03. The molecule has 4 nitrogen and oxygen atoms in total. The Kier molecular flexibility index (Phi) is 2.71. The average Bonchev–Trinajstić information content (AvgIpc) is 2.76. The van der Waals surface area contributed by atoms with Crippen LogP contribution in [0.5, 0.6) is 0 Å². The summed E-state index contributed by atoms with van der Waals surface area (Å²) in [6, 6.07) is 8.19. The largest absolute Gasteiger partial charge is 0.383 e. The quantitative estimate of drug-likeness (QED) is 0.763. The van der Waals surface area contributed by atoms with Crippen molar-refractivity contribution >= 4 is 16.9 Å². The fourth-order valence-electron chi connectivity index (χ4n) is 2.21. The van der Waals surface area contributed by atoms with Gasteiger partial charge in [0.05, 0.1) is 23.9 Å². The van der Waals surface area contributed by atoms with Crippen molar-refractivity contribution in [3.05, 3.63) is 53.5 Å². The third-order valence-electron chi connectivity index (χ3n) is 3.50. The minimum absolute atomic E-state index is 0.577. The Morgan fingerprint density at radius 1 is 1.16 bits per heavy atom. The Morgan fingerprint density at radius 3 is 2.74 bits per heavy atom. The van der Waals surface area contributed by atoms with E-state index < -0.39 is 0 Å². The third-order valence-corrected chi connectivity index (χ3v) is 3.50. The van der Waals surface area contributed by atoms with E-state index in [4.69, 9.17) is 5.73 Å². The molecule has 3 aromatic rings. The van der Waals surface area contributed by atoms with Crippen LogP contribution in [-0.4, -0.2) is 14.5 Å². The SMILES string of the molecule is Cc1cc2ncn(Cc3cccnc3N)c2cc1C. The molecule has 0 spiro atoms. The van der Waals surface area contributed by atoms with Crippen LogP contribution in [0.15, 0.2) is 36.8 Å². The fraction of sp³-hybridized carbons (Fsp3) is 0.200. The van der Waals surface area contributed by atoms with Gasteiger partial charge in [0, 0.05) is 11.8 Å². The Labute approximate surface area is 111 Å². The lowest BCUT2D eigenvalue weighted by Gasteiger charge is -2.07. The molecule has 0 atom stereocenters. The van der Waals surface area contributed by atoms with Gasteiger partial charge in [0.1, 0.15) is 5.82 Å². The molecule has 2 heterocycles. The van der Waals surface area contributed by atoms with Gasteiger partial charge in [0.2, 0.25) is 0 Å². The van der Waals surface area contributed by atoms with Crippen LogP contribution in [0.25, 0.3) is 11.0 Å². The number of fused-ring (bicyclic) bond motifs is 1. The standard InChI is InChI=1S/C15H16N4/c1-10-6-13-14(7-11(10)2)19(9-18-13)8-12-4-3-5-17-15(12)16/h3-7,9H,8H2,1-2H3,(H2,16,17). The third kappa shape index (κ3) is 2.05. The van der Waals surface area contributed by atoms with E-state index in [9.17, 15) is 0 Å². The Bertz CT molecular complexity index is 743. The summed E-state index contributed by atoms with van der Waals surface area (Å²) in [6.07, 6.45) is 3.56. The minimum atomic E-state index is 0.577. The molecule has 0 aliphatic heterocycles. The van der Waals surface area contributed by atoms with E-state index in [0.717, 1.165) is 16.6 Å². The first-order valence-corrected chi connectivity index (χ1v) is 6.26. The molecule has 0 unspecified atom stereocenters. The number of hydrogen-bond donors (Lipinski definition) is 1. The lowest BCUT2D eigenvalue weighted by atomic mass is 10.1. The molecule has 0 saturated carbocycles. The van der Waals surface area contributed by atoms with Crippen molar-refractivity contribution in [2.75, 3.05) is 5.73 Å². The molecule has 19 heavy (non-hydrogen) atoms. The van der Waals surface area contributed by atoms with Crippen LogP contribution in [0.1, 0.15) is 16.7 Å². The summed E-state index contributed by atoms with van der Waals surface area (Å²) in [5.74, 6) is 0.577. The Morgan fingerprint density at radius 2 is 1.95 bits per heavy atom. The van der Waals surface area contributed by atoms with Gasteiger partial charge in [-0.05, 0) is 43.2 Å². The van der Waals surface area contributed by atoms with Crippen molar-refractivity contribution in [2.45, 2.75) is 20.4 Å². The number of imidazole rings is 1. The van der Waals surface area contributed by atoms with Crippen molar-refractivity contribution in [1.29, 1.82) is 0 Å². The van der Waals surface area contributed by atoms with Gasteiger partial charge < -0.3 is 10.3 Å². The number of rotatable bonds is 2. The molecule has 96 valence electrons. The first kappa shape index (κ1) is 11.7. The summed E-state index contributed by atoms with van der Waals surface area (Å²) in [7, 11) is 0. The zero-order valence-electron chi connectivity index (χ0n) is 11.1. The van der Waals surface area contributed by atoms with Gasteiger partial charge in [-0.15, -0.1) is 0 Å². The summed E-state index contributed by atoms with van der Waals surface area (Å²) >= 11 is 0. The normalized spacial score (nSPS) is 11.1. The molecule has 0 amide bonds. The number of nitrogens with zero attached hydrogens (tertiary/aromatic N) is 3. The molecule has 1 aromatic carbocycles. The van der Waals surface area contributed by atoms with Gasteiger partial charge in [-0.1, -0.05) is 6.07 Å². The Hall–Kier alpha value is -2.36. The van der Waals surface area contributed by atoms with Crippen molar-refractivity contribution in [3.8, 4) is 0 Å². The monoisotopic (exact) mass is 252 g/mol. The molecule has 0 bridgehead atoms. The summed E-state index contributed by atoms with van der Waals surface area (Å²) in [6.45, 7) is 4.91. The number of nitrogens with two attached hydrogens (primary N) is 1. The van der Waals surface area contributed by atoms with E-state index in [0.29, 0.717) is 12.4 Å². The summed E-state index contributed by atoms with van der Waals surface area (Å²) in [4.78, 5) is 8.56. The second-order valence-corrected chi connectivity index (χ2v) is 4.85. The molecular weight excluding hydrogens is 236 g/mol. The average molecular weight is 252 g/mol. The molecular formula is C15H16N4. The molecule has 3 rings (SSSR count). The molecule has 0 radical (unpaired) electrons. The van der Waals surface area contributed by atoms with Crippen LogP contribution in [0.3, 0.4) is 0 Å². The minimum Gasteiger partial charge on any atom is -0.383 e. The van der Waals surface area contributed by atoms with E-state index in [1.165, 1.54) is 11.1 Å². The van der Waals surface area contributed by atoms with Crippen LogP contribution < -0.4 is 5.73 Å². The predicted molar refractivity (Wildman–Crippen MR) is 77.0 cm³/mol. The summed E-state index contributed by atoms with van der Waals surface area (Å²) in [5.41, 5.74) is 11.6. The van der Waals surface area contributed by atoms with Crippen LogP contribution >= 0.6 is 0 Å². The zero-order valence-corrected chi connectivity index (χ0v) is 11.1. The number of anilines is 1. The molecule has 2 N–H and O–H groups in total. The Balaban J connectivity index is 2.07. The first-order valence-electron chi connectivity index (χ1n) is 6.26. The van der Waals surface area contributed by atoms with Crippen molar-refractivity contribution < 1.29 is 0 Å². The fourth-order valence-corrected chi connectivity index (χ4v) is 2.21. The van der Waals surface area contributed by atoms with E-state index in [1.54, 1.807) is 6.20 Å². The maximum absolute atomic E-state index is 5.89. The molecule has 0 aliphatic rings. The highest BCUT2D eigenvalue weighted by molar-refractivity contribution is 5.77. The van der Waals surface area contributed by atoms with Gasteiger partial charge in [-0.3, -0.25) is 0 Å². The van der Waals surface area contributed by atoms with E-state index >= 15 is 0 Å². The maximum Gasteiger partial charge on any atom is 0.128 e. The maximum atomic E-state index is 5.89. The van der Waals surface area contributed by atoms with Gasteiger partial charge >= 0.3 is 0 Å². The molecule has 0 fully saturated rings. The highest BCUT2D eigenvalue weighted by Crippen LogP contribution is 2.20. The van der Waals surface area contributed by atoms with Gasteiger partial charge in [0.15, 0.2) is 0 Å². The second kappa shape index (κ2) is 4.39. The lowest BCUT2D eigenvalue weighted by molar-refractivity contribution is 0.822. The van der Waals surface area contributed by atoms with Crippen LogP contribution in [0.4, 0.5) is 5.82 Å². The topological polar surface area (TPSA) is 56.7 Å². The molecule has 0 saturated heterocycles. The summed E-state index contributed by atoms with van der Waals surface area (Å²) in [5, 5.41) is 0. The van der Waals surface area contributed by atoms with Crippen molar-refractivity contribution in [2.24, 2.45) is 0 Å². The number of aryl methyl sites for hydroxylation is 2. The smallest absolute Gasteiger partial charge is 0.128 e. The number of pyridine rings is 1. The highest BCUT2D eigenvalue weighted by atomic mass is 15.0. The van der Waals surface area contributed by atoms with Crippen molar-refractivity contribution in [3.63, 3.8) is 0 Å². The van der Waals surface area contributed by atoms with Crippen LogP contribution in [0, 0.1) is 13.8 Å². The predicted octanol–water partition coefficient (Wildman–Crippen LogP) is 2.68. The van der Waals surface area contributed by atoms with E-state index in [1.807, 2.05) is 18.5 Å². The zero-order chi connectivity index (χ0) is 13.4. The van der Waals surface area contributed by atoms with E-state index in [-0.39, 0.29) is 0 Å². The summed E-state index contributed by atoms with van der Waals surface area (Å²) < 4.78 is 2.11.